The molecule has 0 saturated carbocycles. The van der Waals surface area contributed by atoms with Gasteiger partial charge in [0.2, 0.25) is 0 Å². The summed E-state index contributed by atoms with van der Waals surface area (Å²) in [6.07, 6.45) is 3.22. The SMILES string of the molecule is Cc1cccc(C(C(=O)O)c2ccncc2)c1. The van der Waals surface area contributed by atoms with Gasteiger partial charge in [-0.2, -0.15) is 0 Å². The summed E-state index contributed by atoms with van der Waals surface area (Å²) in [5, 5.41) is 9.35. The fraction of sp³-hybridized carbons (Fsp3) is 0.143. The first-order valence-corrected chi connectivity index (χ1v) is 5.38. The average Bonchev–Trinajstić information content (AvgIpc) is 2.30. The summed E-state index contributed by atoms with van der Waals surface area (Å²) in [6, 6.07) is 11.0. The molecule has 0 aliphatic rings. The second kappa shape index (κ2) is 4.78. The normalized spacial score (nSPS) is 12.1. The Morgan fingerprint density at radius 1 is 1.18 bits per heavy atom. The smallest absolute Gasteiger partial charge is 0.315 e. The van der Waals surface area contributed by atoms with Crippen molar-refractivity contribution in [3.63, 3.8) is 0 Å². The predicted octanol–water partition coefficient (Wildman–Crippen LogP) is 2.61. The van der Waals surface area contributed by atoms with Crippen molar-refractivity contribution in [3.8, 4) is 0 Å². The van der Waals surface area contributed by atoms with E-state index in [1.807, 2.05) is 31.2 Å². The van der Waals surface area contributed by atoms with Crippen molar-refractivity contribution >= 4 is 5.97 Å². The van der Waals surface area contributed by atoms with Crippen LogP contribution in [-0.4, -0.2) is 16.1 Å². The van der Waals surface area contributed by atoms with Crippen LogP contribution in [0.25, 0.3) is 0 Å². The number of carbonyl (C=O) groups is 1. The topological polar surface area (TPSA) is 50.2 Å². The summed E-state index contributed by atoms with van der Waals surface area (Å²) in [5.41, 5.74) is 2.60. The van der Waals surface area contributed by atoms with Crippen LogP contribution in [0.1, 0.15) is 22.6 Å². The standard InChI is InChI=1S/C14H13NO2/c1-10-3-2-4-12(9-10)13(14(16)17)11-5-7-15-8-6-11/h2-9,13H,1H3,(H,16,17). The molecule has 0 amide bonds. The third kappa shape index (κ3) is 2.50. The van der Waals surface area contributed by atoms with Crippen LogP contribution in [0.4, 0.5) is 0 Å². The maximum Gasteiger partial charge on any atom is 0.315 e. The zero-order valence-corrected chi connectivity index (χ0v) is 9.50. The van der Waals surface area contributed by atoms with Crippen LogP contribution in [0, 0.1) is 6.92 Å². The number of aliphatic carboxylic acids is 1. The molecular formula is C14H13NO2. The summed E-state index contributed by atoms with van der Waals surface area (Å²) in [4.78, 5) is 15.3. The van der Waals surface area contributed by atoms with E-state index in [1.165, 1.54) is 0 Å². The third-order valence-corrected chi connectivity index (χ3v) is 2.66. The van der Waals surface area contributed by atoms with Crippen LogP contribution in [0.2, 0.25) is 0 Å². The Balaban J connectivity index is 2.47. The van der Waals surface area contributed by atoms with Gasteiger partial charge < -0.3 is 5.11 Å². The van der Waals surface area contributed by atoms with E-state index in [4.69, 9.17) is 0 Å². The molecule has 0 bridgehead atoms. The first-order chi connectivity index (χ1) is 8.18. The number of carboxylic acid groups (broad SMARTS) is 1. The number of nitrogens with zero attached hydrogens (tertiary/aromatic N) is 1. The Morgan fingerprint density at radius 3 is 2.47 bits per heavy atom. The molecule has 0 radical (unpaired) electrons. The molecule has 86 valence electrons. The minimum atomic E-state index is -0.846. The van der Waals surface area contributed by atoms with E-state index in [9.17, 15) is 9.90 Å². The lowest BCUT2D eigenvalue weighted by atomic mass is 9.91. The van der Waals surface area contributed by atoms with Crippen molar-refractivity contribution in [2.75, 3.05) is 0 Å². The highest BCUT2D eigenvalue weighted by Gasteiger charge is 2.21. The monoisotopic (exact) mass is 227 g/mol. The molecule has 3 nitrogen and oxygen atoms in total. The molecule has 3 heteroatoms. The van der Waals surface area contributed by atoms with Crippen LogP contribution >= 0.6 is 0 Å². The zero-order valence-electron chi connectivity index (χ0n) is 9.50. The van der Waals surface area contributed by atoms with Gasteiger partial charge in [0.05, 0.1) is 0 Å². The molecule has 0 spiro atoms. The number of aromatic nitrogens is 1. The van der Waals surface area contributed by atoms with Gasteiger partial charge in [0, 0.05) is 12.4 Å². The molecule has 0 fully saturated rings. The quantitative estimate of drug-likeness (QED) is 0.876. The van der Waals surface area contributed by atoms with E-state index >= 15 is 0 Å². The van der Waals surface area contributed by atoms with Gasteiger partial charge in [0.1, 0.15) is 5.92 Å². The Hall–Kier alpha value is -2.16. The van der Waals surface area contributed by atoms with Gasteiger partial charge in [-0.1, -0.05) is 29.8 Å². The Kier molecular flexibility index (Phi) is 3.19. The number of hydrogen-bond donors (Lipinski definition) is 1. The lowest BCUT2D eigenvalue weighted by Gasteiger charge is -2.13. The number of benzene rings is 1. The van der Waals surface area contributed by atoms with Crippen molar-refractivity contribution in [1.29, 1.82) is 0 Å². The van der Waals surface area contributed by atoms with E-state index in [-0.39, 0.29) is 0 Å². The van der Waals surface area contributed by atoms with Gasteiger partial charge in [-0.05, 0) is 30.2 Å². The van der Waals surface area contributed by atoms with E-state index in [0.717, 1.165) is 16.7 Å². The van der Waals surface area contributed by atoms with Crippen molar-refractivity contribution in [1.82, 2.24) is 4.98 Å². The molecule has 0 aliphatic heterocycles. The second-order valence-corrected chi connectivity index (χ2v) is 3.97. The van der Waals surface area contributed by atoms with E-state index in [0.29, 0.717) is 0 Å². The van der Waals surface area contributed by atoms with Gasteiger partial charge in [0.25, 0.3) is 0 Å². The molecule has 0 aliphatic carbocycles. The lowest BCUT2D eigenvalue weighted by Crippen LogP contribution is -2.13. The number of aryl methyl sites for hydroxylation is 1. The summed E-state index contributed by atoms with van der Waals surface area (Å²) in [5.74, 6) is -1.47. The first kappa shape index (κ1) is 11.3. The van der Waals surface area contributed by atoms with Gasteiger partial charge in [-0.15, -0.1) is 0 Å². The molecule has 1 aromatic carbocycles. The Bertz CT molecular complexity index is 523. The zero-order chi connectivity index (χ0) is 12.3. The lowest BCUT2D eigenvalue weighted by molar-refractivity contribution is -0.137. The van der Waals surface area contributed by atoms with Crippen LogP contribution in [0.5, 0.6) is 0 Å². The molecule has 2 rings (SSSR count). The van der Waals surface area contributed by atoms with Crippen molar-refractivity contribution in [2.45, 2.75) is 12.8 Å². The number of carboxylic acids is 1. The molecule has 17 heavy (non-hydrogen) atoms. The molecule has 1 aromatic heterocycles. The predicted molar refractivity (Wildman–Crippen MR) is 64.9 cm³/mol. The molecule has 1 unspecified atom stereocenters. The number of rotatable bonds is 3. The molecular weight excluding hydrogens is 214 g/mol. The van der Waals surface area contributed by atoms with Gasteiger partial charge >= 0.3 is 5.97 Å². The summed E-state index contributed by atoms with van der Waals surface area (Å²) < 4.78 is 0. The second-order valence-electron chi connectivity index (χ2n) is 3.97. The summed E-state index contributed by atoms with van der Waals surface area (Å²) >= 11 is 0. The average molecular weight is 227 g/mol. The van der Waals surface area contributed by atoms with Crippen LogP contribution in [0.15, 0.2) is 48.8 Å². The first-order valence-electron chi connectivity index (χ1n) is 5.38. The van der Waals surface area contributed by atoms with Crippen molar-refractivity contribution in [2.24, 2.45) is 0 Å². The van der Waals surface area contributed by atoms with Crippen LogP contribution in [-0.2, 0) is 4.79 Å². The highest BCUT2D eigenvalue weighted by Crippen LogP contribution is 2.25. The van der Waals surface area contributed by atoms with Crippen molar-refractivity contribution in [3.05, 3.63) is 65.5 Å². The number of pyridine rings is 1. The van der Waals surface area contributed by atoms with Crippen molar-refractivity contribution < 1.29 is 9.90 Å². The van der Waals surface area contributed by atoms with Gasteiger partial charge in [0.15, 0.2) is 0 Å². The maximum atomic E-state index is 11.4. The highest BCUT2D eigenvalue weighted by atomic mass is 16.4. The number of hydrogen-bond acceptors (Lipinski definition) is 2. The molecule has 1 atom stereocenters. The third-order valence-electron chi connectivity index (χ3n) is 2.66. The van der Waals surface area contributed by atoms with Crippen LogP contribution in [0.3, 0.4) is 0 Å². The highest BCUT2D eigenvalue weighted by molar-refractivity contribution is 5.80. The van der Waals surface area contributed by atoms with E-state index < -0.39 is 11.9 Å². The Morgan fingerprint density at radius 2 is 1.88 bits per heavy atom. The minimum Gasteiger partial charge on any atom is -0.481 e. The fourth-order valence-electron chi connectivity index (χ4n) is 1.88. The minimum absolute atomic E-state index is 0.627. The van der Waals surface area contributed by atoms with Crippen LogP contribution < -0.4 is 0 Å². The van der Waals surface area contributed by atoms with Gasteiger partial charge in [-0.25, -0.2) is 0 Å². The summed E-state index contributed by atoms with van der Waals surface area (Å²) in [6.45, 7) is 1.95. The van der Waals surface area contributed by atoms with E-state index in [1.54, 1.807) is 24.5 Å². The fourth-order valence-corrected chi connectivity index (χ4v) is 1.88. The van der Waals surface area contributed by atoms with Gasteiger partial charge in [-0.3, -0.25) is 9.78 Å². The molecule has 2 aromatic rings. The van der Waals surface area contributed by atoms with E-state index in [2.05, 4.69) is 4.98 Å². The maximum absolute atomic E-state index is 11.4. The summed E-state index contributed by atoms with van der Waals surface area (Å²) in [7, 11) is 0. The Labute approximate surface area is 99.8 Å². The molecule has 1 N–H and O–H groups in total. The largest absolute Gasteiger partial charge is 0.481 e. The molecule has 0 saturated heterocycles. The molecule has 1 heterocycles.